The monoisotopic (exact) mass is 473 g/mol. The molecule has 1 amide bonds. The molecule has 0 N–H and O–H groups in total. The maximum absolute atomic E-state index is 13.7. The lowest BCUT2D eigenvalue weighted by atomic mass is 9.79. The molecule has 35 heavy (non-hydrogen) atoms. The summed E-state index contributed by atoms with van der Waals surface area (Å²) < 4.78 is 5.92. The van der Waals surface area contributed by atoms with Gasteiger partial charge in [0.25, 0.3) is 5.91 Å². The van der Waals surface area contributed by atoms with Gasteiger partial charge in [0, 0.05) is 41.7 Å². The fourth-order valence-corrected chi connectivity index (χ4v) is 5.28. The van der Waals surface area contributed by atoms with E-state index < -0.39 is 0 Å². The largest absolute Gasteiger partial charge is 0.379 e. The molecule has 0 radical (unpaired) electrons. The van der Waals surface area contributed by atoms with Crippen molar-refractivity contribution >= 4 is 16.8 Å². The summed E-state index contributed by atoms with van der Waals surface area (Å²) in [4.78, 5) is 32.1. The maximum Gasteiger partial charge on any atom is 0.272 e. The number of hydrogen-bond acceptors (Lipinski definition) is 6. The van der Waals surface area contributed by atoms with Crippen LogP contribution >= 0.6 is 0 Å². The number of ether oxygens (including phenoxy) is 1. The number of fused-ring (bicyclic) bond motifs is 1. The molecule has 0 spiro atoms. The van der Waals surface area contributed by atoms with Crippen LogP contribution in [0.25, 0.3) is 10.9 Å². The fourth-order valence-electron chi connectivity index (χ4n) is 5.28. The van der Waals surface area contributed by atoms with Gasteiger partial charge >= 0.3 is 0 Å². The summed E-state index contributed by atoms with van der Waals surface area (Å²) in [5, 5.41) is 1.14. The third kappa shape index (κ3) is 5.21. The van der Waals surface area contributed by atoms with Crippen molar-refractivity contribution < 1.29 is 9.53 Å². The molecule has 1 atom stereocenters. The zero-order valence-corrected chi connectivity index (χ0v) is 21.0. The highest BCUT2D eigenvalue weighted by Crippen LogP contribution is 2.33. The maximum atomic E-state index is 13.7. The number of piperidine rings is 1. The quantitative estimate of drug-likeness (QED) is 0.576. The van der Waals surface area contributed by atoms with Gasteiger partial charge in [-0.05, 0) is 64.0 Å². The molecule has 1 aromatic carbocycles. The molecule has 2 aromatic heterocycles. The second-order valence-corrected chi connectivity index (χ2v) is 10.5. The van der Waals surface area contributed by atoms with Crippen molar-refractivity contribution in [3.63, 3.8) is 0 Å². The number of aryl methyl sites for hydroxylation is 1. The van der Waals surface area contributed by atoms with Crippen LogP contribution < -0.4 is 0 Å². The highest BCUT2D eigenvalue weighted by molar-refractivity contribution is 5.92. The summed E-state index contributed by atoms with van der Waals surface area (Å²) in [6.45, 7) is 8.62. The van der Waals surface area contributed by atoms with Gasteiger partial charge < -0.3 is 14.5 Å². The molecular formula is C28H35N5O2. The molecule has 7 heteroatoms. The van der Waals surface area contributed by atoms with Crippen molar-refractivity contribution in [1.82, 2.24) is 24.8 Å². The molecule has 3 aromatic rings. The van der Waals surface area contributed by atoms with Crippen molar-refractivity contribution in [3.05, 3.63) is 65.4 Å². The smallest absolute Gasteiger partial charge is 0.272 e. The Morgan fingerprint density at radius 1 is 1.14 bits per heavy atom. The van der Waals surface area contributed by atoms with E-state index in [0.717, 1.165) is 54.8 Å². The number of rotatable bonds is 4. The number of pyridine rings is 1. The number of benzene rings is 1. The highest BCUT2D eigenvalue weighted by Gasteiger charge is 2.35. The lowest BCUT2D eigenvalue weighted by Gasteiger charge is -2.36. The summed E-state index contributed by atoms with van der Waals surface area (Å²) in [5.74, 6) is 0.973. The Morgan fingerprint density at radius 3 is 2.77 bits per heavy atom. The fraction of sp³-hybridized carbons (Fsp3) is 0.500. The molecule has 2 fully saturated rings. The van der Waals surface area contributed by atoms with Crippen molar-refractivity contribution in [3.8, 4) is 0 Å². The topological polar surface area (TPSA) is 71.5 Å². The molecule has 0 bridgehead atoms. The Hall–Kier alpha value is -2.90. The zero-order chi connectivity index (χ0) is 24.4. The lowest BCUT2D eigenvalue weighted by Crippen LogP contribution is -2.41. The third-order valence-corrected chi connectivity index (χ3v) is 7.55. The van der Waals surface area contributed by atoms with Crippen molar-refractivity contribution in [2.75, 3.05) is 46.4 Å². The molecule has 0 aliphatic carbocycles. The van der Waals surface area contributed by atoms with E-state index in [-0.39, 0.29) is 17.2 Å². The standard InChI is InChI=1S/C28H35N5O2/c1-20-16-24(31-27(30-20)28(2)9-12-32(3)13-10-28)26(34)33-14-15-35-19-21(18-33)17-23-7-4-6-22-8-5-11-29-25(22)23/h4-8,11,16,21H,9-10,12-15,17-19H2,1-3H3/t21-/m1/s1. The number of likely N-dealkylation sites (tertiary alicyclic amines) is 1. The molecule has 2 saturated heterocycles. The van der Waals surface area contributed by atoms with Crippen molar-refractivity contribution in [1.29, 1.82) is 0 Å². The SMILES string of the molecule is Cc1cc(C(=O)N2CCOC[C@H](Cc3cccc4cccnc34)C2)nc(C2(C)CCN(C)CC2)n1. The zero-order valence-electron chi connectivity index (χ0n) is 21.0. The van der Waals surface area contributed by atoms with Gasteiger partial charge in [-0.3, -0.25) is 9.78 Å². The summed E-state index contributed by atoms with van der Waals surface area (Å²) in [7, 11) is 2.15. The first-order chi connectivity index (χ1) is 16.9. The normalized spacial score (nSPS) is 21.1. The average Bonchev–Trinajstić information content (AvgIpc) is 3.11. The lowest BCUT2D eigenvalue weighted by molar-refractivity contribution is 0.0730. The molecule has 0 unspecified atom stereocenters. The van der Waals surface area contributed by atoms with Crippen LogP contribution in [0.1, 0.15) is 47.3 Å². The minimum Gasteiger partial charge on any atom is -0.379 e. The van der Waals surface area contributed by atoms with Crippen LogP contribution in [0.5, 0.6) is 0 Å². The number of hydrogen-bond donors (Lipinski definition) is 0. The highest BCUT2D eigenvalue weighted by atomic mass is 16.5. The Balaban J connectivity index is 1.36. The third-order valence-electron chi connectivity index (χ3n) is 7.55. The molecule has 7 nitrogen and oxygen atoms in total. The number of carbonyl (C=O) groups is 1. The van der Waals surface area contributed by atoms with E-state index in [0.29, 0.717) is 32.0 Å². The Morgan fingerprint density at radius 2 is 1.94 bits per heavy atom. The molecule has 2 aliphatic rings. The minimum atomic E-state index is -0.0979. The summed E-state index contributed by atoms with van der Waals surface area (Å²) in [5.41, 5.74) is 3.48. The molecular weight excluding hydrogens is 438 g/mol. The van der Waals surface area contributed by atoms with Crippen LogP contribution in [0.2, 0.25) is 0 Å². The van der Waals surface area contributed by atoms with Gasteiger partial charge in [0.2, 0.25) is 0 Å². The number of carbonyl (C=O) groups excluding carboxylic acids is 1. The number of para-hydroxylation sites is 1. The van der Waals surface area contributed by atoms with Crippen molar-refractivity contribution in [2.45, 2.75) is 38.5 Å². The number of nitrogens with zero attached hydrogens (tertiary/aromatic N) is 5. The first-order valence-corrected chi connectivity index (χ1v) is 12.7. The van der Waals surface area contributed by atoms with E-state index in [4.69, 9.17) is 14.7 Å². The van der Waals surface area contributed by atoms with Crippen molar-refractivity contribution in [2.24, 2.45) is 5.92 Å². The van der Waals surface area contributed by atoms with Gasteiger partial charge in [-0.2, -0.15) is 0 Å². The van der Waals surface area contributed by atoms with E-state index in [1.54, 1.807) is 0 Å². The van der Waals surface area contributed by atoms with Gasteiger partial charge in [-0.1, -0.05) is 31.2 Å². The van der Waals surface area contributed by atoms with E-state index in [2.05, 4.69) is 48.1 Å². The molecule has 5 rings (SSSR count). The summed E-state index contributed by atoms with van der Waals surface area (Å²) in [6.07, 6.45) is 4.65. The minimum absolute atomic E-state index is 0.0279. The Kier molecular flexibility index (Phi) is 6.80. The summed E-state index contributed by atoms with van der Waals surface area (Å²) >= 11 is 0. The molecule has 4 heterocycles. The van der Waals surface area contributed by atoms with Crippen LogP contribution in [0, 0.1) is 12.8 Å². The van der Waals surface area contributed by atoms with E-state index >= 15 is 0 Å². The number of aromatic nitrogens is 3. The Labute approximate surface area is 207 Å². The average molecular weight is 474 g/mol. The first kappa shape index (κ1) is 23.8. The van der Waals surface area contributed by atoms with Crippen LogP contribution in [-0.4, -0.2) is 77.1 Å². The first-order valence-electron chi connectivity index (χ1n) is 12.7. The van der Waals surface area contributed by atoms with Gasteiger partial charge in [0.1, 0.15) is 11.5 Å². The second-order valence-electron chi connectivity index (χ2n) is 10.5. The van der Waals surface area contributed by atoms with Gasteiger partial charge in [-0.15, -0.1) is 0 Å². The summed E-state index contributed by atoms with van der Waals surface area (Å²) in [6, 6.07) is 12.2. The predicted octanol–water partition coefficient (Wildman–Crippen LogP) is 3.65. The molecule has 2 aliphatic heterocycles. The molecule has 0 saturated carbocycles. The second kappa shape index (κ2) is 9.99. The van der Waals surface area contributed by atoms with E-state index in [1.165, 1.54) is 5.56 Å². The van der Waals surface area contributed by atoms with Crippen LogP contribution in [0.15, 0.2) is 42.6 Å². The predicted molar refractivity (Wildman–Crippen MR) is 137 cm³/mol. The Bertz CT molecular complexity index is 1200. The van der Waals surface area contributed by atoms with E-state index in [1.807, 2.05) is 30.2 Å². The van der Waals surface area contributed by atoms with Gasteiger partial charge in [0.05, 0.1) is 18.7 Å². The van der Waals surface area contributed by atoms with E-state index in [9.17, 15) is 4.79 Å². The van der Waals surface area contributed by atoms with Crippen LogP contribution in [-0.2, 0) is 16.6 Å². The number of amides is 1. The van der Waals surface area contributed by atoms with Gasteiger partial charge in [-0.25, -0.2) is 9.97 Å². The van der Waals surface area contributed by atoms with Crippen LogP contribution in [0.4, 0.5) is 0 Å². The van der Waals surface area contributed by atoms with Crippen LogP contribution in [0.3, 0.4) is 0 Å². The van der Waals surface area contributed by atoms with Gasteiger partial charge in [0.15, 0.2) is 0 Å². The molecule has 184 valence electrons.